The number of unbranched alkanes of at least 4 members (excludes halogenated alkanes) is 6. The van der Waals surface area contributed by atoms with Crippen molar-refractivity contribution in [2.45, 2.75) is 316 Å². The summed E-state index contributed by atoms with van der Waals surface area (Å²) in [6.45, 7) is 41.1. The molecule has 0 amide bonds. The highest BCUT2D eigenvalue weighted by molar-refractivity contribution is 6.18. The summed E-state index contributed by atoms with van der Waals surface area (Å²) < 4.78 is 20.1. The summed E-state index contributed by atoms with van der Waals surface area (Å²) in [5.41, 5.74) is 0. The summed E-state index contributed by atoms with van der Waals surface area (Å²) in [7, 11) is 0. The van der Waals surface area contributed by atoms with Crippen molar-refractivity contribution in [2.75, 3.05) is 25.0 Å². The van der Waals surface area contributed by atoms with E-state index in [9.17, 15) is 0 Å². The van der Waals surface area contributed by atoms with Crippen LogP contribution in [0.4, 0.5) is 0 Å². The molecule has 0 aliphatic carbocycles. The maximum absolute atomic E-state index is 6.87. The smallest absolute Gasteiger partial charge is 0.160 e. The van der Waals surface area contributed by atoms with Crippen LogP contribution in [-0.2, 0) is 14.2 Å². The van der Waals surface area contributed by atoms with Crippen LogP contribution in [-0.4, -0.2) is 37.6 Å². The van der Waals surface area contributed by atoms with Gasteiger partial charge in [0, 0.05) is 25.0 Å². The van der Waals surface area contributed by atoms with Gasteiger partial charge in [0.25, 0.3) is 0 Å². The molecule has 0 aromatic carbocycles. The standard InChI is InChI=1S/C66H132Cl2O3/c1-17-19-21-23-37-69-65(33-25-29-51(3)39-55(7)43-59(11)47-63(15)49-61(13)45-57(9)41-53(5)31-27-35-67)71-66(70-38-24-22-20-18-2)34-26-30-52(4)40-56(8)44-60(12)48-64(16)50-62(14)46-58(10)42-54(6)32-28-36-68/h51-66H,17-50H2,1-16H3. The van der Waals surface area contributed by atoms with Crippen molar-refractivity contribution in [2.24, 2.45) is 82.9 Å². The lowest BCUT2D eigenvalue weighted by Gasteiger charge is -2.27. The van der Waals surface area contributed by atoms with Crippen molar-refractivity contribution in [3.05, 3.63) is 0 Å². The molecule has 0 aliphatic heterocycles. The molecular weight excluding hydrogens is 912 g/mol. The Balaban J connectivity index is 5.12. The van der Waals surface area contributed by atoms with Gasteiger partial charge in [-0.05, 0) is 224 Å². The fraction of sp³-hybridized carbons (Fsp3) is 1.00. The van der Waals surface area contributed by atoms with Crippen molar-refractivity contribution < 1.29 is 14.2 Å². The third kappa shape index (κ3) is 44.2. The SMILES string of the molecule is CCCCCCOC(CCCC(C)CC(C)CC(C)CC(C)CC(C)CC(C)CC(C)CCCCl)OC(CCCC(C)CC(C)CC(C)CC(C)CC(C)CC(C)CC(C)CCCCl)OCCCCCC. The maximum Gasteiger partial charge on any atom is 0.160 e. The molecule has 0 rings (SSSR count). The molecule has 16 atom stereocenters. The molecule has 0 aromatic rings. The number of hydrogen-bond acceptors (Lipinski definition) is 3. The lowest BCUT2D eigenvalue weighted by atomic mass is 9.80. The van der Waals surface area contributed by atoms with Gasteiger partial charge in [0.1, 0.15) is 0 Å². The van der Waals surface area contributed by atoms with Gasteiger partial charge in [0.15, 0.2) is 12.6 Å². The Morgan fingerprint density at radius 3 is 0.704 bits per heavy atom. The first-order valence-corrected chi connectivity index (χ1v) is 32.9. The van der Waals surface area contributed by atoms with Crippen LogP contribution >= 0.6 is 23.2 Å². The Bertz CT molecular complexity index is 1040. The molecule has 16 unspecified atom stereocenters. The fourth-order valence-electron chi connectivity index (χ4n) is 13.8. The van der Waals surface area contributed by atoms with E-state index in [1.54, 1.807) is 0 Å². The lowest BCUT2D eigenvalue weighted by Crippen LogP contribution is -2.28. The van der Waals surface area contributed by atoms with Crippen LogP contribution in [0.25, 0.3) is 0 Å². The molecule has 0 heterocycles. The largest absolute Gasteiger partial charge is 0.353 e. The van der Waals surface area contributed by atoms with Crippen LogP contribution in [0, 0.1) is 82.9 Å². The quantitative estimate of drug-likeness (QED) is 0.0345. The maximum atomic E-state index is 6.87. The van der Waals surface area contributed by atoms with E-state index in [2.05, 4.69) is 111 Å². The van der Waals surface area contributed by atoms with E-state index in [-0.39, 0.29) is 12.6 Å². The summed E-state index contributed by atoms with van der Waals surface area (Å²) >= 11 is 11.9. The number of halogens is 2. The minimum Gasteiger partial charge on any atom is -0.353 e. The van der Waals surface area contributed by atoms with Gasteiger partial charge in [-0.2, -0.15) is 0 Å². The van der Waals surface area contributed by atoms with Crippen molar-refractivity contribution in [1.82, 2.24) is 0 Å². The topological polar surface area (TPSA) is 27.7 Å². The van der Waals surface area contributed by atoms with Crippen LogP contribution in [0.1, 0.15) is 303 Å². The molecule has 5 heteroatoms. The van der Waals surface area contributed by atoms with Crippen LogP contribution in [0.5, 0.6) is 0 Å². The Morgan fingerprint density at radius 2 is 0.479 bits per heavy atom. The molecule has 428 valence electrons. The van der Waals surface area contributed by atoms with Crippen molar-refractivity contribution in [3.63, 3.8) is 0 Å². The Morgan fingerprint density at radius 1 is 0.254 bits per heavy atom. The minimum absolute atomic E-state index is 0.171. The molecular formula is C66H132Cl2O3. The minimum atomic E-state index is -0.171. The zero-order valence-corrected chi connectivity index (χ0v) is 52.8. The molecule has 0 spiro atoms. The van der Waals surface area contributed by atoms with Gasteiger partial charge < -0.3 is 14.2 Å². The first kappa shape index (κ1) is 71.5. The molecule has 0 bridgehead atoms. The number of rotatable bonds is 52. The second-order valence-corrected chi connectivity index (χ2v) is 27.4. The molecule has 0 fully saturated rings. The summed E-state index contributed by atoms with van der Waals surface area (Å²) in [4.78, 5) is 0. The van der Waals surface area contributed by atoms with E-state index in [1.165, 1.54) is 141 Å². The normalized spacial score (nSPS) is 19.2. The number of hydrogen-bond donors (Lipinski definition) is 0. The Kier molecular flexibility index (Phi) is 46.8. The van der Waals surface area contributed by atoms with Gasteiger partial charge in [0.2, 0.25) is 0 Å². The van der Waals surface area contributed by atoms with Gasteiger partial charge >= 0.3 is 0 Å². The highest BCUT2D eigenvalue weighted by Crippen LogP contribution is 2.33. The zero-order chi connectivity index (χ0) is 53.4. The Labute approximate surface area is 458 Å². The van der Waals surface area contributed by atoms with Gasteiger partial charge in [-0.3, -0.25) is 0 Å². The van der Waals surface area contributed by atoms with Crippen LogP contribution in [0.2, 0.25) is 0 Å². The van der Waals surface area contributed by atoms with Gasteiger partial charge in [-0.25, -0.2) is 0 Å². The van der Waals surface area contributed by atoms with Gasteiger partial charge in [0.05, 0.1) is 0 Å². The average Bonchev–Trinajstić information content (AvgIpc) is 3.26. The average molecular weight is 1040 g/mol. The van der Waals surface area contributed by atoms with Crippen molar-refractivity contribution in [3.8, 4) is 0 Å². The Hall–Kier alpha value is 0.460. The summed E-state index contributed by atoms with van der Waals surface area (Å²) in [5, 5.41) is 0. The van der Waals surface area contributed by atoms with E-state index in [4.69, 9.17) is 37.4 Å². The summed E-state index contributed by atoms with van der Waals surface area (Å²) in [6, 6.07) is 0. The molecule has 0 aromatic heterocycles. The highest BCUT2D eigenvalue weighted by Gasteiger charge is 2.23. The summed E-state index contributed by atoms with van der Waals surface area (Å²) in [5.74, 6) is 12.7. The molecule has 0 radical (unpaired) electrons. The molecule has 71 heavy (non-hydrogen) atoms. The molecule has 0 N–H and O–H groups in total. The third-order valence-electron chi connectivity index (χ3n) is 16.5. The number of ether oxygens (including phenoxy) is 3. The van der Waals surface area contributed by atoms with Crippen molar-refractivity contribution in [1.29, 1.82) is 0 Å². The van der Waals surface area contributed by atoms with E-state index >= 15 is 0 Å². The predicted octanol–water partition coefficient (Wildman–Crippen LogP) is 22.8. The van der Waals surface area contributed by atoms with E-state index in [0.29, 0.717) is 0 Å². The predicted molar refractivity (Wildman–Crippen MR) is 320 cm³/mol. The fourth-order valence-corrected chi connectivity index (χ4v) is 14.1. The molecule has 0 aliphatic rings. The summed E-state index contributed by atoms with van der Waals surface area (Å²) in [6.07, 6.45) is 37.3. The van der Waals surface area contributed by atoms with Crippen LogP contribution in [0.15, 0.2) is 0 Å². The van der Waals surface area contributed by atoms with Crippen LogP contribution in [0.3, 0.4) is 0 Å². The molecule has 0 saturated heterocycles. The first-order chi connectivity index (χ1) is 33.8. The third-order valence-corrected chi connectivity index (χ3v) is 17.0. The van der Waals surface area contributed by atoms with Gasteiger partial charge in [-0.15, -0.1) is 23.2 Å². The van der Waals surface area contributed by atoms with E-state index < -0.39 is 0 Å². The molecule has 3 nitrogen and oxygen atoms in total. The number of alkyl halides is 2. The first-order valence-electron chi connectivity index (χ1n) is 31.8. The van der Waals surface area contributed by atoms with E-state index in [0.717, 1.165) is 159 Å². The van der Waals surface area contributed by atoms with Crippen LogP contribution < -0.4 is 0 Å². The zero-order valence-electron chi connectivity index (χ0n) is 51.3. The second kappa shape index (κ2) is 46.5. The molecule has 0 saturated carbocycles. The van der Waals surface area contributed by atoms with Crippen molar-refractivity contribution >= 4 is 23.2 Å². The lowest BCUT2D eigenvalue weighted by molar-refractivity contribution is -0.250. The van der Waals surface area contributed by atoms with E-state index in [1.807, 2.05) is 0 Å². The highest BCUT2D eigenvalue weighted by atomic mass is 35.5. The monoisotopic (exact) mass is 1040 g/mol. The van der Waals surface area contributed by atoms with Gasteiger partial charge in [-0.1, -0.05) is 162 Å². The second-order valence-electron chi connectivity index (χ2n) is 26.7.